The minimum atomic E-state index is 0. The third kappa shape index (κ3) is 4.23. The van der Waals surface area contributed by atoms with Crippen LogP contribution in [-0.2, 0) is 0 Å². The maximum Gasteiger partial charge on any atom is 0.00100 e. The van der Waals surface area contributed by atoms with E-state index in [1.54, 1.807) is 0 Å². The predicted molar refractivity (Wildman–Crippen MR) is 72.3 cm³/mol. The molecule has 2 fully saturated rings. The van der Waals surface area contributed by atoms with Crippen LogP contribution in [0.1, 0.15) is 39.0 Å². The standard InChI is InChI=1S/C13H26N2.ClH/c1-2-12-5-9-15(11-12)10-6-13-3-7-14-8-4-13;/h12-14H,2-11H2,1H3;1H. The van der Waals surface area contributed by atoms with Crippen molar-refractivity contribution in [3.63, 3.8) is 0 Å². The number of likely N-dealkylation sites (tertiary alicyclic amines) is 1. The largest absolute Gasteiger partial charge is 0.317 e. The lowest BCUT2D eigenvalue weighted by molar-refractivity contribution is 0.265. The smallest absolute Gasteiger partial charge is 0.00100 e. The minimum Gasteiger partial charge on any atom is -0.317 e. The molecule has 2 aliphatic heterocycles. The van der Waals surface area contributed by atoms with E-state index < -0.39 is 0 Å². The van der Waals surface area contributed by atoms with E-state index in [1.807, 2.05) is 0 Å². The summed E-state index contributed by atoms with van der Waals surface area (Å²) < 4.78 is 0. The Morgan fingerprint density at radius 2 is 1.88 bits per heavy atom. The highest BCUT2D eigenvalue weighted by atomic mass is 35.5. The fourth-order valence-corrected chi connectivity index (χ4v) is 2.98. The van der Waals surface area contributed by atoms with Gasteiger partial charge in [0.25, 0.3) is 0 Å². The van der Waals surface area contributed by atoms with Crippen LogP contribution in [0.4, 0.5) is 0 Å². The van der Waals surface area contributed by atoms with Gasteiger partial charge in [0.2, 0.25) is 0 Å². The zero-order valence-electron chi connectivity index (χ0n) is 10.6. The van der Waals surface area contributed by atoms with Crippen molar-refractivity contribution in [2.45, 2.75) is 39.0 Å². The average molecular weight is 247 g/mol. The summed E-state index contributed by atoms with van der Waals surface area (Å²) in [6, 6.07) is 0. The summed E-state index contributed by atoms with van der Waals surface area (Å²) in [4.78, 5) is 2.69. The van der Waals surface area contributed by atoms with Gasteiger partial charge in [-0.05, 0) is 63.7 Å². The van der Waals surface area contributed by atoms with Gasteiger partial charge in [-0.25, -0.2) is 0 Å². The van der Waals surface area contributed by atoms with Gasteiger partial charge in [-0.2, -0.15) is 0 Å². The van der Waals surface area contributed by atoms with E-state index in [1.165, 1.54) is 64.8 Å². The molecule has 0 aliphatic carbocycles. The first-order chi connectivity index (χ1) is 7.38. The monoisotopic (exact) mass is 246 g/mol. The lowest BCUT2D eigenvalue weighted by Gasteiger charge is -2.25. The lowest BCUT2D eigenvalue weighted by Crippen LogP contribution is -2.30. The fourth-order valence-electron chi connectivity index (χ4n) is 2.98. The molecule has 2 aliphatic rings. The van der Waals surface area contributed by atoms with Crippen LogP contribution in [0, 0.1) is 11.8 Å². The van der Waals surface area contributed by atoms with Crippen molar-refractivity contribution in [3.05, 3.63) is 0 Å². The van der Waals surface area contributed by atoms with Crippen molar-refractivity contribution in [2.24, 2.45) is 11.8 Å². The molecule has 0 aromatic rings. The van der Waals surface area contributed by atoms with Gasteiger partial charge < -0.3 is 10.2 Å². The molecule has 0 aromatic heterocycles. The molecule has 0 bridgehead atoms. The highest BCUT2D eigenvalue weighted by molar-refractivity contribution is 5.85. The molecular weight excluding hydrogens is 220 g/mol. The Labute approximate surface area is 107 Å². The third-order valence-electron chi connectivity index (χ3n) is 4.26. The van der Waals surface area contributed by atoms with Gasteiger partial charge in [0.15, 0.2) is 0 Å². The van der Waals surface area contributed by atoms with Crippen molar-refractivity contribution in [1.29, 1.82) is 0 Å². The van der Waals surface area contributed by atoms with Gasteiger partial charge in [-0.1, -0.05) is 13.3 Å². The van der Waals surface area contributed by atoms with E-state index in [0.29, 0.717) is 0 Å². The Bertz CT molecular complexity index is 181. The van der Waals surface area contributed by atoms with Crippen LogP contribution < -0.4 is 5.32 Å². The van der Waals surface area contributed by atoms with Gasteiger partial charge in [-0.15, -0.1) is 12.4 Å². The number of rotatable bonds is 4. The van der Waals surface area contributed by atoms with Crippen LogP contribution in [0.5, 0.6) is 0 Å². The van der Waals surface area contributed by atoms with Gasteiger partial charge in [0, 0.05) is 6.54 Å². The molecule has 1 atom stereocenters. The number of halogens is 1. The molecule has 2 heterocycles. The highest BCUT2D eigenvalue weighted by Gasteiger charge is 2.21. The Balaban J connectivity index is 0.00000128. The fraction of sp³-hybridized carbons (Fsp3) is 1.00. The van der Waals surface area contributed by atoms with Gasteiger partial charge in [0.1, 0.15) is 0 Å². The second-order valence-corrected chi connectivity index (χ2v) is 5.35. The molecule has 0 amide bonds. The summed E-state index contributed by atoms with van der Waals surface area (Å²) in [6.45, 7) is 8.94. The van der Waals surface area contributed by atoms with E-state index in [9.17, 15) is 0 Å². The summed E-state index contributed by atoms with van der Waals surface area (Å²) >= 11 is 0. The summed E-state index contributed by atoms with van der Waals surface area (Å²) in [5.74, 6) is 2.00. The molecular formula is C13H27ClN2. The van der Waals surface area contributed by atoms with Gasteiger partial charge >= 0.3 is 0 Å². The Hall–Kier alpha value is 0.210. The van der Waals surface area contributed by atoms with Gasteiger partial charge in [0.05, 0.1) is 0 Å². The summed E-state index contributed by atoms with van der Waals surface area (Å²) in [6.07, 6.45) is 7.08. The summed E-state index contributed by atoms with van der Waals surface area (Å²) in [5.41, 5.74) is 0. The number of piperidine rings is 1. The number of hydrogen-bond donors (Lipinski definition) is 1. The van der Waals surface area contributed by atoms with Crippen LogP contribution in [0.2, 0.25) is 0 Å². The molecule has 2 rings (SSSR count). The molecule has 1 unspecified atom stereocenters. The maximum absolute atomic E-state index is 3.45. The molecule has 2 nitrogen and oxygen atoms in total. The minimum absolute atomic E-state index is 0. The van der Waals surface area contributed by atoms with Crippen molar-refractivity contribution >= 4 is 12.4 Å². The molecule has 0 spiro atoms. The Kier molecular flexibility index (Phi) is 6.71. The second kappa shape index (κ2) is 7.52. The topological polar surface area (TPSA) is 15.3 Å². The zero-order chi connectivity index (χ0) is 10.5. The second-order valence-electron chi connectivity index (χ2n) is 5.35. The summed E-state index contributed by atoms with van der Waals surface area (Å²) in [7, 11) is 0. The number of hydrogen-bond acceptors (Lipinski definition) is 2. The number of nitrogens with one attached hydrogen (secondary N) is 1. The highest BCUT2D eigenvalue weighted by Crippen LogP contribution is 2.22. The molecule has 16 heavy (non-hydrogen) atoms. The van der Waals surface area contributed by atoms with Crippen LogP contribution in [0.15, 0.2) is 0 Å². The molecule has 2 saturated heterocycles. The SMILES string of the molecule is CCC1CCN(CCC2CCNCC2)C1.Cl. The molecule has 0 saturated carbocycles. The van der Waals surface area contributed by atoms with E-state index in [-0.39, 0.29) is 12.4 Å². The van der Waals surface area contributed by atoms with E-state index in [2.05, 4.69) is 17.1 Å². The first-order valence-electron chi connectivity index (χ1n) is 6.81. The van der Waals surface area contributed by atoms with Crippen LogP contribution in [0.3, 0.4) is 0 Å². The van der Waals surface area contributed by atoms with E-state index >= 15 is 0 Å². The summed E-state index contributed by atoms with van der Waals surface area (Å²) in [5, 5.41) is 3.45. The van der Waals surface area contributed by atoms with E-state index in [0.717, 1.165) is 11.8 Å². The van der Waals surface area contributed by atoms with Crippen molar-refractivity contribution < 1.29 is 0 Å². The molecule has 0 aromatic carbocycles. The number of nitrogens with zero attached hydrogens (tertiary/aromatic N) is 1. The third-order valence-corrected chi connectivity index (χ3v) is 4.26. The first-order valence-corrected chi connectivity index (χ1v) is 6.81. The normalized spacial score (nSPS) is 27.9. The van der Waals surface area contributed by atoms with Crippen molar-refractivity contribution in [2.75, 3.05) is 32.7 Å². The Morgan fingerprint density at radius 1 is 1.12 bits per heavy atom. The van der Waals surface area contributed by atoms with E-state index in [4.69, 9.17) is 0 Å². The zero-order valence-corrected chi connectivity index (χ0v) is 11.4. The van der Waals surface area contributed by atoms with Gasteiger partial charge in [-0.3, -0.25) is 0 Å². The first kappa shape index (κ1) is 14.3. The molecule has 0 radical (unpaired) electrons. The van der Waals surface area contributed by atoms with Crippen molar-refractivity contribution in [3.8, 4) is 0 Å². The average Bonchev–Trinajstić information content (AvgIpc) is 2.76. The lowest BCUT2D eigenvalue weighted by atomic mass is 9.94. The molecule has 3 heteroatoms. The van der Waals surface area contributed by atoms with Crippen LogP contribution in [0.25, 0.3) is 0 Å². The van der Waals surface area contributed by atoms with Crippen molar-refractivity contribution in [1.82, 2.24) is 10.2 Å². The van der Waals surface area contributed by atoms with Crippen LogP contribution in [-0.4, -0.2) is 37.6 Å². The molecule has 1 N–H and O–H groups in total. The predicted octanol–water partition coefficient (Wildman–Crippen LogP) is 2.53. The molecule has 96 valence electrons. The quantitative estimate of drug-likeness (QED) is 0.820. The van der Waals surface area contributed by atoms with Crippen LogP contribution >= 0.6 is 12.4 Å². The Morgan fingerprint density at radius 3 is 2.50 bits per heavy atom. The maximum atomic E-state index is 3.45.